The fourth-order valence-electron chi connectivity index (χ4n) is 2.75. The molecule has 0 unspecified atom stereocenters. The van der Waals surface area contributed by atoms with E-state index in [4.69, 9.17) is 5.11 Å². The van der Waals surface area contributed by atoms with Crippen molar-refractivity contribution in [2.75, 3.05) is 0 Å². The van der Waals surface area contributed by atoms with Crippen LogP contribution in [-0.2, 0) is 0 Å². The van der Waals surface area contributed by atoms with Crippen LogP contribution >= 0.6 is 0 Å². The molecule has 0 bridgehead atoms. The molecule has 0 amide bonds. The minimum Gasteiger partial charge on any atom is -0.476 e. The molecule has 1 aliphatic rings. The van der Waals surface area contributed by atoms with Crippen LogP contribution in [0.25, 0.3) is 16.8 Å². The fraction of sp³-hybridized carbons (Fsp3) is 0.158. The maximum atomic E-state index is 10.9. The molecule has 114 valence electrons. The molecule has 4 rings (SSSR count). The second-order valence-corrected chi connectivity index (χ2v) is 5.89. The van der Waals surface area contributed by atoms with Crippen molar-refractivity contribution in [3.05, 3.63) is 72.1 Å². The molecule has 0 aliphatic heterocycles. The second kappa shape index (κ2) is 5.39. The van der Waals surface area contributed by atoms with Gasteiger partial charge in [0, 0.05) is 6.20 Å². The number of carboxylic acid groups (broad SMARTS) is 1. The van der Waals surface area contributed by atoms with Gasteiger partial charge in [0.2, 0.25) is 0 Å². The van der Waals surface area contributed by atoms with Gasteiger partial charge in [-0.15, -0.1) is 0 Å². The van der Waals surface area contributed by atoms with E-state index >= 15 is 0 Å². The first-order chi connectivity index (χ1) is 11.2. The highest BCUT2D eigenvalue weighted by molar-refractivity contribution is 5.85. The minimum absolute atomic E-state index is 0.0461. The maximum absolute atomic E-state index is 10.9. The van der Waals surface area contributed by atoms with E-state index in [1.165, 1.54) is 30.0 Å². The third-order valence-corrected chi connectivity index (χ3v) is 4.23. The van der Waals surface area contributed by atoms with Gasteiger partial charge in [0.25, 0.3) is 0 Å². The molecule has 1 fully saturated rings. The highest BCUT2D eigenvalue weighted by Gasteiger charge is 2.22. The Labute approximate surface area is 134 Å². The van der Waals surface area contributed by atoms with Gasteiger partial charge in [-0.05, 0) is 53.6 Å². The van der Waals surface area contributed by atoms with Crippen molar-refractivity contribution in [1.29, 1.82) is 0 Å². The van der Waals surface area contributed by atoms with E-state index in [2.05, 4.69) is 29.4 Å². The zero-order valence-corrected chi connectivity index (χ0v) is 12.5. The number of rotatable bonds is 4. The number of carbonyl (C=O) groups is 1. The van der Waals surface area contributed by atoms with Crippen LogP contribution in [0.2, 0.25) is 0 Å². The van der Waals surface area contributed by atoms with Gasteiger partial charge in [-0.25, -0.2) is 9.48 Å². The lowest BCUT2D eigenvalue weighted by Gasteiger charge is -2.06. The van der Waals surface area contributed by atoms with Gasteiger partial charge in [0.05, 0.1) is 5.69 Å². The molecule has 4 nitrogen and oxygen atoms in total. The number of hydrogen-bond donors (Lipinski definition) is 1. The zero-order chi connectivity index (χ0) is 15.8. The number of aromatic carboxylic acids is 1. The van der Waals surface area contributed by atoms with Crippen LogP contribution in [-0.4, -0.2) is 20.9 Å². The van der Waals surface area contributed by atoms with Crippen LogP contribution < -0.4 is 0 Å². The summed E-state index contributed by atoms with van der Waals surface area (Å²) in [6.45, 7) is 0. The van der Waals surface area contributed by atoms with Crippen molar-refractivity contribution in [1.82, 2.24) is 9.78 Å². The highest BCUT2D eigenvalue weighted by atomic mass is 16.4. The second-order valence-electron chi connectivity index (χ2n) is 5.89. The zero-order valence-electron chi connectivity index (χ0n) is 12.5. The van der Waals surface area contributed by atoms with Gasteiger partial charge in [-0.2, -0.15) is 5.10 Å². The number of aromatic nitrogens is 2. The largest absolute Gasteiger partial charge is 0.476 e. The first-order valence-corrected chi connectivity index (χ1v) is 7.70. The molecule has 2 aromatic carbocycles. The molecule has 4 heteroatoms. The van der Waals surface area contributed by atoms with Crippen molar-refractivity contribution in [2.24, 2.45) is 0 Å². The Morgan fingerprint density at radius 2 is 1.57 bits per heavy atom. The lowest BCUT2D eigenvalue weighted by molar-refractivity contribution is 0.0690. The third-order valence-electron chi connectivity index (χ3n) is 4.23. The molecule has 1 aromatic heterocycles. The van der Waals surface area contributed by atoms with E-state index in [0.717, 1.165) is 17.2 Å². The third kappa shape index (κ3) is 2.75. The van der Waals surface area contributed by atoms with Gasteiger partial charge >= 0.3 is 5.97 Å². The van der Waals surface area contributed by atoms with Crippen molar-refractivity contribution in [3.63, 3.8) is 0 Å². The van der Waals surface area contributed by atoms with Crippen LogP contribution in [0.5, 0.6) is 0 Å². The Morgan fingerprint density at radius 1 is 0.957 bits per heavy atom. The molecule has 1 saturated carbocycles. The van der Waals surface area contributed by atoms with Crippen LogP contribution in [0.3, 0.4) is 0 Å². The lowest BCUT2D eigenvalue weighted by Crippen LogP contribution is -2.00. The summed E-state index contributed by atoms with van der Waals surface area (Å²) in [4.78, 5) is 10.9. The maximum Gasteiger partial charge on any atom is 0.356 e. The van der Waals surface area contributed by atoms with Crippen LogP contribution in [0, 0.1) is 0 Å². The summed E-state index contributed by atoms with van der Waals surface area (Å²) < 4.78 is 1.57. The Morgan fingerprint density at radius 3 is 2.09 bits per heavy atom. The van der Waals surface area contributed by atoms with Crippen molar-refractivity contribution in [2.45, 2.75) is 18.8 Å². The van der Waals surface area contributed by atoms with E-state index in [9.17, 15) is 4.79 Å². The Kier molecular flexibility index (Phi) is 3.23. The summed E-state index contributed by atoms with van der Waals surface area (Å²) in [6.07, 6.45) is 4.29. The monoisotopic (exact) mass is 304 g/mol. The van der Waals surface area contributed by atoms with Gasteiger partial charge in [-0.3, -0.25) is 0 Å². The fourth-order valence-corrected chi connectivity index (χ4v) is 2.75. The van der Waals surface area contributed by atoms with E-state index in [-0.39, 0.29) is 5.69 Å². The molecule has 0 spiro atoms. The summed E-state index contributed by atoms with van der Waals surface area (Å²) in [7, 11) is 0. The SMILES string of the molecule is O=C(O)c1ccn(-c2ccc(-c3ccc(C4CC4)cc3)cc2)n1. The van der Waals surface area contributed by atoms with E-state index in [1.807, 2.05) is 24.3 Å². The van der Waals surface area contributed by atoms with Crippen LogP contribution in [0.15, 0.2) is 60.8 Å². The number of hydrogen-bond acceptors (Lipinski definition) is 2. The van der Waals surface area contributed by atoms with Gasteiger partial charge in [0.15, 0.2) is 5.69 Å². The Balaban J connectivity index is 1.58. The summed E-state index contributed by atoms with van der Waals surface area (Å²) >= 11 is 0. The van der Waals surface area contributed by atoms with E-state index in [1.54, 1.807) is 10.9 Å². The normalized spacial score (nSPS) is 13.9. The van der Waals surface area contributed by atoms with Crippen molar-refractivity contribution < 1.29 is 9.90 Å². The Bertz CT molecular complexity index is 844. The lowest BCUT2D eigenvalue weighted by atomic mass is 10.0. The molecule has 0 saturated heterocycles. The van der Waals surface area contributed by atoms with Crippen LogP contribution in [0.4, 0.5) is 0 Å². The molecular formula is C19H16N2O2. The summed E-state index contributed by atoms with van der Waals surface area (Å²) in [5.74, 6) is -0.245. The number of carboxylic acids is 1. The van der Waals surface area contributed by atoms with Crippen molar-refractivity contribution >= 4 is 5.97 Å². The van der Waals surface area contributed by atoms with E-state index in [0.29, 0.717) is 0 Å². The van der Waals surface area contributed by atoms with Crippen molar-refractivity contribution in [3.8, 4) is 16.8 Å². The predicted octanol–water partition coefficient (Wildman–Crippen LogP) is 4.11. The molecule has 3 aromatic rings. The summed E-state index contributed by atoms with van der Waals surface area (Å²) in [5, 5.41) is 13.0. The molecule has 1 N–H and O–H groups in total. The first-order valence-electron chi connectivity index (χ1n) is 7.70. The molecule has 23 heavy (non-hydrogen) atoms. The quantitative estimate of drug-likeness (QED) is 0.789. The molecule has 0 radical (unpaired) electrons. The standard InChI is InChI=1S/C19H16N2O2/c22-19(23)18-11-12-21(20-18)17-9-7-16(8-10-17)15-5-3-14(4-6-15)13-1-2-13/h3-13H,1-2H2,(H,22,23). The van der Waals surface area contributed by atoms with Crippen LogP contribution in [0.1, 0.15) is 34.8 Å². The van der Waals surface area contributed by atoms with Gasteiger partial charge in [0.1, 0.15) is 0 Å². The highest BCUT2D eigenvalue weighted by Crippen LogP contribution is 2.40. The first kappa shape index (κ1) is 13.8. The van der Waals surface area contributed by atoms with Gasteiger partial charge < -0.3 is 5.11 Å². The number of benzene rings is 2. The molecular weight excluding hydrogens is 288 g/mol. The predicted molar refractivity (Wildman–Crippen MR) is 87.9 cm³/mol. The number of nitrogens with zero attached hydrogens (tertiary/aromatic N) is 2. The minimum atomic E-state index is -1.02. The Hall–Kier alpha value is -2.88. The van der Waals surface area contributed by atoms with Gasteiger partial charge in [-0.1, -0.05) is 36.4 Å². The molecule has 1 aliphatic carbocycles. The smallest absolute Gasteiger partial charge is 0.356 e. The molecule has 0 atom stereocenters. The van der Waals surface area contributed by atoms with E-state index < -0.39 is 5.97 Å². The average Bonchev–Trinajstić information content (AvgIpc) is 3.31. The molecule has 1 heterocycles. The summed E-state index contributed by atoms with van der Waals surface area (Å²) in [5.41, 5.74) is 4.65. The summed E-state index contributed by atoms with van der Waals surface area (Å²) in [6, 6.07) is 18.2. The topological polar surface area (TPSA) is 55.1 Å². The average molecular weight is 304 g/mol.